The Morgan fingerprint density at radius 1 is 0.307 bits per heavy atom. The quantitative estimate of drug-likeness (QED) is 0.0195. The van der Waals surface area contributed by atoms with E-state index in [-0.39, 0.29) is 38.6 Å². The normalized spacial score (nSPS) is 13.3. The second-order valence-electron chi connectivity index (χ2n) is 29.4. The molecule has 0 saturated carbocycles. The Hall–Kier alpha value is -4.57. The lowest BCUT2D eigenvalue weighted by atomic mass is 10.0. The van der Waals surface area contributed by atoms with E-state index in [0.717, 1.165) is 122 Å². The number of carbonyl (C=O) groups is 3. The number of unbranched alkanes of at least 4 members (excludes halogenated alkanes) is 41. The monoisotopic (exact) mass is 1410 g/mol. The van der Waals surface area contributed by atoms with E-state index in [2.05, 4.69) is 148 Å². The van der Waals surface area contributed by atoms with Crippen molar-refractivity contribution in [1.29, 1.82) is 0 Å². The van der Waals surface area contributed by atoms with E-state index in [9.17, 15) is 19.5 Å². The molecule has 0 spiro atoms. The van der Waals surface area contributed by atoms with Crippen LogP contribution in [0.2, 0.25) is 0 Å². The molecule has 9 nitrogen and oxygen atoms in total. The highest BCUT2D eigenvalue weighted by Crippen LogP contribution is 2.19. The summed E-state index contributed by atoms with van der Waals surface area (Å²) in [5.41, 5.74) is 0. The lowest BCUT2D eigenvalue weighted by Gasteiger charge is -2.26. The molecule has 2 unspecified atom stereocenters. The minimum Gasteiger partial charge on any atom is -0.545 e. The van der Waals surface area contributed by atoms with Gasteiger partial charge in [-0.25, -0.2) is 0 Å². The van der Waals surface area contributed by atoms with Crippen LogP contribution in [0, 0.1) is 0 Å². The number of aliphatic carboxylic acids is 1. The van der Waals surface area contributed by atoms with Crippen LogP contribution in [0.1, 0.15) is 373 Å². The van der Waals surface area contributed by atoms with E-state index in [1.54, 1.807) is 0 Å². The first kappa shape index (κ1) is 96.4. The predicted molar refractivity (Wildman–Crippen MR) is 435 cm³/mol. The van der Waals surface area contributed by atoms with Crippen molar-refractivity contribution in [2.24, 2.45) is 0 Å². The van der Waals surface area contributed by atoms with Gasteiger partial charge in [-0.15, -0.1) is 0 Å². The average Bonchev–Trinajstić information content (AvgIpc) is 1.21. The van der Waals surface area contributed by atoms with Crippen molar-refractivity contribution in [2.75, 3.05) is 47.5 Å². The third kappa shape index (κ3) is 82.6. The highest BCUT2D eigenvalue weighted by molar-refractivity contribution is 5.70. The van der Waals surface area contributed by atoms with E-state index < -0.39 is 24.3 Å². The number of carboxylic acid groups (broad SMARTS) is 1. The molecule has 9 heteroatoms. The van der Waals surface area contributed by atoms with E-state index in [1.807, 2.05) is 21.1 Å². The summed E-state index contributed by atoms with van der Waals surface area (Å²) in [4.78, 5) is 37.6. The number of carbonyl (C=O) groups excluding carboxylic acids is 3. The number of allylic oxidation sites excluding steroid dienone is 22. The fraction of sp³-hybridized carbons (Fsp3) is 0.728. The molecule has 0 heterocycles. The lowest BCUT2D eigenvalue weighted by Crippen LogP contribution is -2.44. The maximum atomic E-state index is 13.0. The van der Waals surface area contributed by atoms with Gasteiger partial charge in [0.25, 0.3) is 0 Å². The Morgan fingerprint density at radius 3 is 0.842 bits per heavy atom. The van der Waals surface area contributed by atoms with Crippen LogP contribution in [0.3, 0.4) is 0 Å². The van der Waals surface area contributed by atoms with E-state index in [1.165, 1.54) is 218 Å². The molecule has 0 rings (SSSR count). The predicted octanol–water partition coefficient (Wildman–Crippen LogP) is 26.3. The van der Waals surface area contributed by atoms with Crippen LogP contribution in [0.4, 0.5) is 0 Å². The van der Waals surface area contributed by atoms with Crippen LogP contribution < -0.4 is 5.11 Å². The van der Waals surface area contributed by atoms with Crippen molar-refractivity contribution in [3.8, 4) is 0 Å². The van der Waals surface area contributed by atoms with Gasteiger partial charge in [0.05, 0.1) is 40.3 Å². The van der Waals surface area contributed by atoms with Gasteiger partial charge < -0.3 is 33.3 Å². The molecule has 0 fully saturated rings. The highest BCUT2D eigenvalue weighted by atomic mass is 16.7. The van der Waals surface area contributed by atoms with Crippen molar-refractivity contribution < 1.29 is 42.9 Å². The first-order valence-corrected chi connectivity index (χ1v) is 42.3. The van der Waals surface area contributed by atoms with Crippen LogP contribution >= 0.6 is 0 Å². The van der Waals surface area contributed by atoms with Gasteiger partial charge in [0.1, 0.15) is 13.2 Å². The largest absolute Gasteiger partial charge is 0.545 e. The first-order chi connectivity index (χ1) is 49.6. The number of carboxylic acids is 1. The third-order valence-corrected chi connectivity index (χ3v) is 18.4. The van der Waals surface area contributed by atoms with Gasteiger partial charge in [0.2, 0.25) is 0 Å². The Kier molecular flexibility index (Phi) is 77.4. The van der Waals surface area contributed by atoms with Gasteiger partial charge in [-0.1, -0.05) is 398 Å². The molecule has 0 aromatic heterocycles. The summed E-state index contributed by atoms with van der Waals surface area (Å²) in [6, 6.07) is 0. The van der Waals surface area contributed by atoms with Gasteiger partial charge in [-0.3, -0.25) is 9.59 Å². The highest BCUT2D eigenvalue weighted by Gasteiger charge is 2.22. The molecule has 101 heavy (non-hydrogen) atoms. The Morgan fingerprint density at radius 2 is 0.564 bits per heavy atom. The standard InChI is InChI=1S/C92H159NO8/c1-6-8-10-12-14-16-18-20-22-24-26-28-30-32-34-36-38-40-42-44-45-47-49-51-53-55-57-59-61-63-65-67-69-71-73-75-77-79-81-83-90(95)101-88(87-100-92(91(96)97)98-85-84-93(3,4)5)86-99-89(94)82-80-78-76-74-72-70-68-66-64-62-60-58-56-54-52-50-48-46-43-41-39-37-35-33-31-29-27-25-23-21-19-17-15-13-11-9-7-2/h8,10,14,16,20,22,26,28,32,34,38,40,44-45,49,51,55,57,61,63,67,69,88,92H,6-7,9,11-13,15,17-19,21,23-25,27,29-31,33,35-37,39,41-43,46-48,50,52-54,56,58-60,62,64-66,68,70-87H2,1-5H3/b10-8-,16-14-,22-20-,28-26-,34-32-,40-38-,45-44-,51-49-,57-55-,63-61-,69-67-. The van der Waals surface area contributed by atoms with Gasteiger partial charge in [0.15, 0.2) is 12.4 Å². The topological polar surface area (TPSA) is 111 Å². The number of esters is 2. The third-order valence-electron chi connectivity index (χ3n) is 18.4. The molecule has 0 N–H and O–H groups in total. The average molecular weight is 1410 g/mol. The minimum absolute atomic E-state index is 0.139. The number of ether oxygens (including phenoxy) is 4. The summed E-state index contributed by atoms with van der Waals surface area (Å²) < 4.78 is 22.8. The molecule has 2 atom stereocenters. The summed E-state index contributed by atoms with van der Waals surface area (Å²) in [6.45, 7) is 4.65. The number of hydrogen-bond donors (Lipinski definition) is 0. The van der Waals surface area contributed by atoms with Gasteiger partial charge >= 0.3 is 11.9 Å². The minimum atomic E-state index is -1.64. The second-order valence-corrected chi connectivity index (χ2v) is 29.4. The first-order valence-electron chi connectivity index (χ1n) is 42.3. The molecule has 0 aliphatic carbocycles. The molecular weight excluding hydrogens is 1250 g/mol. The molecule has 0 aliphatic rings. The molecule has 0 aromatic rings. The number of nitrogens with zero attached hydrogens (tertiary/aromatic N) is 1. The van der Waals surface area contributed by atoms with Crippen LogP contribution in [0.25, 0.3) is 0 Å². The Balaban J connectivity index is 4.07. The van der Waals surface area contributed by atoms with Crippen LogP contribution in [-0.2, 0) is 33.3 Å². The SMILES string of the molecule is CC/C=C\C/C=C\C/C=C\C/C=C\C/C=C\C/C=C\C/C=C\C/C=C\C/C=C\C/C=C\C/C=C\CCCCCCCC(=O)OC(COC(=O)CCCCCCCCCCCCCCCCCCCCCCCCCCCCCCCCCCCCCCC)COC(OCC[N+](C)(C)C)C(=O)[O-]. The molecule has 0 amide bonds. The fourth-order valence-electron chi connectivity index (χ4n) is 12.0. The fourth-order valence-corrected chi connectivity index (χ4v) is 12.0. The van der Waals surface area contributed by atoms with Crippen LogP contribution in [0.15, 0.2) is 134 Å². The summed E-state index contributed by atoms with van der Waals surface area (Å²) in [7, 11) is 5.93. The summed E-state index contributed by atoms with van der Waals surface area (Å²) >= 11 is 0. The zero-order valence-corrected chi connectivity index (χ0v) is 66.5. The van der Waals surface area contributed by atoms with Crippen molar-refractivity contribution in [3.63, 3.8) is 0 Å². The lowest BCUT2D eigenvalue weighted by molar-refractivity contribution is -0.870. The van der Waals surface area contributed by atoms with Crippen molar-refractivity contribution in [2.45, 2.75) is 386 Å². The number of rotatable bonds is 78. The zero-order chi connectivity index (χ0) is 73.2. The molecule has 0 saturated heterocycles. The molecule has 580 valence electrons. The zero-order valence-electron chi connectivity index (χ0n) is 66.5. The summed E-state index contributed by atoms with van der Waals surface area (Å²) in [5.74, 6) is -2.30. The van der Waals surface area contributed by atoms with E-state index >= 15 is 0 Å². The van der Waals surface area contributed by atoms with Gasteiger partial charge in [0, 0.05) is 12.8 Å². The molecule has 0 radical (unpaired) electrons. The second kappa shape index (κ2) is 81.1. The maximum absolute atomic E-state index is 13.0. The number of quaternary nitrogens is 1. The van der Waals surface area contributed by atoms with E-state index in [0.29, 0.717) is 17.4 Å². The van der Waals surface area contributed by atoms with Crippen molar-refractivity contribution in [1.82, 2.24) is 0 Å². The van der Waals surface area contributed by atoms with Gasteiger partial charge in [-0.05, 0) is 96.3 Å². The number of hydrogen-bond acceptors (Lipinski definition) is 8. The van der Waals surface area contributed by atoms with Gasteiger partial charge in [-0.2, -0.15) is 0 Å². The molecule has 0 aromatic carbocycles. The van der Waals surface area contributed by atoms with Crippen LogP contribution in [-0.4, -0.2) is 82.3 Å². The summed E-state index contributed by atoms with van der Waals surface area (Å²) in [5, 5.41) is 11.9. The van der Waals surface area contributed by atoms with Crippen molar-refractivity contribution >= 4 is 17.9 Å². The van der Waals surface area contributed by atoms with Crippen LogP contribution in [0.5, 0.6) is 0 Å². The maximum Gasteiger partial charge on any atom is 0.306 e. The van der Waals surface area contributed by atoms with Crippen molar-refractivity contribution in [3.05, 3.63) is 134 Å². The van der Waals surface area contributed by atoms with E-state index in [4.69, 9.17) is 18.9 Å². The smallest absolute Gasteiger partial charge is 0.306 e. The molecule has 0 bridgehead atoms. The molecule has 0 aliphatic heterocycles. The Labute approximate surface area is 624 Å². The Bertz CT molecular complexity index is 2130. The number of likely N-dealkylation sites (N-methyl/N-ethyl adjacent to an activating group) is 1. The molecular formula is C92H159NO8. The summed E-state index contributed by atoms with van der Waals surface area (Å²) in [6.07, 6.45) is 115.